The molecule has 1 unspecified atom stereocenters. The summed E-state index contributed by atoms with van der Waals surface area (Å²) in [5.74, 6) is 0.252. The van der Waals surface area contributed by atoms with Crippen molar-refractivity contribution < 1.29 is 27.1 Å². The first-order valence-electron chi connectivity index (χ1n) is 10.6. The summed E-state index contributed by atoms with van der Waals surface area (Å²) in [6.45, 7) is 6.57. The highest BCUT2D eigenvalue weighted by Crippen LogP contribution is 2.31. The monoisotopic (exact) mass is 466 g/mol. The van der Waals surface area contributed by atoms with Gasteiger partial charge in [-0.15, -0.1) is 0 Å². The number of amides is 1. The summed E-state index contributed by atoms with van der Waals surface area (Å²) in [5.41, 5.74) is 0.803. The van der Waals surface area contributed by atoms with Crippen molar-refractivity contribution in [3.8, 4) is 11.5 Å². The number of sulfonamides is 1. The van der Waals surface area contributed by atoms with Crippen LogP contribution in [0.3, 0.4) is 0 Å². The van der Waals surface area contributed by atoms with E-state index in [0.717, 1.165) is 34.8 Å². The van der Waals surface area contributed by atoms with Gasteiger partial charge in [-0.25, -0.2) is 12.8 Å². The molecule has 1 atom stereocenters. The van der Waals surface area contributed by atoms with E-state index in [2.05, 4.69) is 5.32 Å². The average molecular weight is 467 g/mol. The Hall–Kier alpha value is -2.65. The molecular weight excluding hydrogens is 435 g/mol. The maximum Gasteiger partial charge on any atom is 0.243 e. The van der Waals surface area contributed by atoms with Crippen LogP contribution in [0.15, 0.2) is 47.4 Å². The van der Waals surface area contributed by atoms with Crippen molar-refractivity contribution in [3.63, 3.8) is 0 Å². The van der Waals surface area contributed by atoms with Crippen LogP contribution in [-0.4, -0.2) is 45.4 Å². The van der Waals surface area contributed by atoms with Crippen molar-refractivity contribution in [1.29, 1.82) is 0 Å². The van der Waals surface area contributed by atoms with Crippen LogP contribution in [0.4, 0.5) is 4.39 Å². The van der Waals surface area contributed by atoms with Crippen LogP contribution < -0.4 is 14.8 Å². The second-order valence-electron chi connectivity index (χ2n) is 7.41. The first-order valence-corrected chi connectivity index (χ1v) is 12.0. The molecule has 2 aromatic rings. The number of hydrogen-bond donors (Lipinski definition) is 1. The van der Waals surface area contributed by atoms with Gasteiger partial charge in [0.2, 0.25) is 15.9 Å². The number of halogens is 1. The molecule has 7 nitrogen and oxygen atoms in total. The van der Waals surface area contributed by atoms with Gasteiger partial charge in [-0.2, -0.15) is 4.31 Å². The molecule has 0 saturated carbocycles. The van der Waals surface area contributed by atoms with E-state index in [0.29, 0.717) is 24.7 Å². The van der Waals surface area contributed by atoms with Gasteiger partial charge in [0.25, 0.3) is 0 Å². The van der Waals surface area contributed by atoms with Crippen LogP contribution in [-0.2, 0) is 14.8 Å². The predicted octanol–water partition coefficient (Wildman–Crippen LogP) is 3.90. The third-order valence-corrected chi connectivity index (χ3v) is 6.47. The molecule has 0 saturated heterocycles. The Morgan fingerprint density at radius 3 is 2.22 bits per heavy atom. The quantitative estimate of drug-likeness (QED) is 0.513. The molecule has 0 aliphatic heterocycles. The summed E-state index contributed by atoms with van der Waals surface area (Å²) in [5, 5.41) is 2.80. The third-order valence-electron chi connectivity index (χ3n) is 4.66. The van der Waals surface area contributed by atoms with Crippen LogP contribution in [0.25, 0.3) is 0 Å². The molecule has 0 radical (unpaired) electrons. The van der Waals surface area contributed by atoms with E-state index in [9.17, 15) is 17.6 Å². The minimum absolute atomic E-state index is 0.0809. The van der Waals surface area contributed by atoms with Gasteiger partial charge >= 0.3 is 0 Å². The number of carbonyl (C=O) groups excluding carboxylic acids is 1. The lowest BCUT2D eigenvalue weighted by molar-refractivity contribution is -0.121. The smallest absolute Gasteiger partial charge is 0.243 e. The SMILES string of the molecule is CCCOc1ccc(C(C)NC(=O)CN(C)S(=O)(=O)c2ccc(F)cc2)cc1OCCC. The molecular formula is C23H31FN2O5S. The fraction of sp³-hybridized carbons (Fsp3) is 0.435. The standard InChI is InChI=1S/C23H31FN2O5S/c1-5-13-30-21-12-7-18(15-22(21)31-14-6-2)17(3)25-23(27)16-26(4)32(28,29)20-10-8-19(24)9-11-20/h7-12,15,17H,5-6,13-14,16H2,1-4H3,(H,25,27). The van der Waals surface area contributed by atoms with Crippen molar-refractivity contribution in [2.75, 3.05) is 26.8 Å². The Morgan fingerprint density at radius 2 is 1.62 bits per heavy atom. The molecule has 1 N–H and O–H groups in total. The lowest BCUT2D eigenvalue weighted by atomic mass is 10.1. The van der Waals surface area contributed by atoms with Crippen LogP contribution in [0.5, 0.6) is 11.5 Å². The average Bonchev–Trinajstić information content (AvgIpc) is 2.76. The van der Waals surface area contributed by atoms with E-state index in [1.165, 1.54) is 19.2 Å². The van der Waals surface area contributed by atoms with Gasteiger partial charge in [-0.1, -0.05) is 19.9 Å². The van der Waals surface area contributed by atoms with Crippen molar-refractivity contribution in [2.24, 2.45) is 0 Å². The summed E-state index contributed by atoms with van der Waals surface area (Å²) in [6.07, 6.45) is 1.72. The molecule has 0 aliphatic rings. The lowest BCUT2D eigenvalue weighted by Gasteiger charge is -2.20. The highest BCUT2D eigenvalue weighted by molar-refractivity contribution is 7.89. The number of rotatable bonds is 12. The molecule has 2 rings (SSSR count). The van der Waals surface area contributed by atoms with Crippen LogP contribution in [0.2, 0.25) is 0 Å². The largest absolute Gasteiger partial charge is 0.490 e. The first kappa shape index (κ1) is 25.6. The summed E-state index contributed by atoms with van der Waals surface area (Å²) in [7, 11) is -2.61. The highest BCUT2D eigenvalue weighted by Gasteiger charge is 2.24. The van der Waals surface area contributed by atoms with E-state index in [4.69, 9.17) is 9.47 Å². The highest BCUT2D eigenvalue weighted by atomic mass is 32.2. The molecule has 0 aliphatic carbocycles. The maximum atomic E-state index is 13.1. The van der Waals surface area contributed by atoms with Gasteiger partial charge in [0, 0.05) is 7.05 Å². The van der Waals surface area contributed by atoms with E-state index in [-0.39, 0.29) is 17.5 Å². The summed E-state index contributed by atoms with van der Waals surface area (Å²) in [6, 6.07) is 9.56. The van der Waals surface area contributed by atoms with Crippen molar-refractivity contribution in [2.45, 2.75) is 44.6 Å². The summed E-state index contributed by atoms with van der Waals surface area (Å²) >= 11 is 0. The molecule has 0 bridgehead atoms. The van der Waals surface area contributed by atoms with Gasteiger partial charge in [0.05, 0.1) is 30.7 Å². The molecule has 0 fully saturated rings. The minimum Gasteiger partial charge on any atom is -0.490 e. The summed E-state index contributed by atoms with van der Waals surface area (Å²) < 4.78 is 50.7. The maximum absolute atomic E-state index is 13.1. The minimum atomic E-state index is -3.91. The van der Waals surface area contributed by atoms with Gasteiger partial charge in [-0.05, 0) is 61.7 Å². The Labute approximate surface area is 189 Å². The third kappa shape index (κ3) is 6.93. The van der Waals surface area contributed by atoms with Crippen LogP contribution >= 0.6 is 0 Å². The van der Waals surface area contributed by atoms with Gasteiger partial charge in [-0.3, -0.25) is 4.79 Å². The molecule has 1 amide bonds. The Balaban J connectivity index is 2.06. The second kappa shape index (κ2) is 11.8. The van der Waals surface area contributed by atoms with Gasteiger partial charge < -0.3 is 14.8 Å². The first-order chi connectivity index (χ1) is 15.2. The fourth-order valence-electron chi connectivity index (χ4n) is 2.89. The van der Waals surface area contributed by atoms with E-state index in [1.54, 1.807) is 6.92 Å². The molecule has 0 aromatic heterocycles. The molecule has 32 heavy (non-hydrogen) atoms. The molecule has 0 spiro atoms. The van der Waals surface area contributed by atoms with Crippen molar-refractivity contribution >= 4 is 15.9 Å². The molecule has 0 heterocycles. The van der Waals surface area contributed by atoms with Gasteiger partial charge in [0.1, 0.15) is 5.82 Å². The Bertz CT molecular complexity index is 996. The zero-order chi connectivity index (χ0) is 23.7. The number of nitrogens with zero attached hydrogens (tertiary/aromatic N) is 1. The number of likely N-dealkylation sites (N-methyl/N-ethyl adjacent to an activating group) is 1. The van der Waals surface area contributed by atoms with Gasteiger partial charge in [0.15, 0.2) is 11.5 Å². The second-order valence-corrected chi connectivity index (χ2v) is 9.45. The topological polar surface area (TPSA) is 84.9 Å². The zero-order valence-electron chi connectivity index (χ0n) is 18.9. The van der Waals surface area contributed by atoms with E-state index >= 15 is 0 Å². The van der Waals surface area contributed by atoms with Crippen LogP contribution in [0.1, 0.15) is 45.2 Å². The van der Waals surface area contributed by atoms with Crippen LogP contribution in [0, 0.1) is 5.82 Å². The number of carbonyl (C=O) groups is 1. The number of nitrogens with one attached hydrogen (secondary N) is 1. The molecule has 9 heteroatoms. The van der Waals surface area contributed by atoms with E-state index in [1.807, 2.05) is 32.0 Å². The fourth-order valence-corrected chi connectivity index (χ4v) is 4.02. The summed E-state index contributed by atoms with van der Waals surface area (Å²) in [4.78, 5) is 12.4. The molecule has 176 valence electrons. The van der Waals surface area contributed by atoms with E-state index < -0.39 is 21.7 Å². The van der Waals surface area contributed by atoms with Crippen molar-refractivity contribution in [1.82, 2.24) is 9.62 Å². The Morgan fingerprint density at radius 1 is 1.03 bits per heavy atom. The normalized spacial score (nSPS) is 12.4. The Kier molecular flexibility index (Phi) is 9.46. The number of ether oxygens (including phenoxy) is 2. The number of hydrogen-bond acceptors (Lipinski definition) is 5. The predicted molar refractivity (Wildman–Crippen MR) is 121 cm³/mol. The number of benzene rings is 2. The lowest BCUT2D eigenvalue weighted by Crippen LogP contribution is -2.39. The van der Waals surface area contributed by atoms with Crippen molar-refractivity contribution in [3.05, 3.63) is 53.8 Å². The molecule has 2 aromatic carbocycles. The zero-order valence-corrected chi connectivity index (χ0v) is 19.7.